The Kier molecular flexibility index (Phi) is 5.71. The van der Waals surface area contributed by atoms with Crippen molar-refractivity contribution in [3.8, 4) is 6.07 Å². The van der Waals surface area contributed by atoms with Gasteiger partial charge >= 0.3 is 0 Å². The summed E-state index contributed by atoms with van der Waals surface area (Å²) >= 11 is 2.03. The van der Waals surface area contributed by atoms with Crippen LogP contribution in [0.2, 0.25) is 0 Å². The summed E-state index contributed by atoms with van der Waals surface area (Å²) in [5.74, 6) is 4.05. The first kappa shape index (κ1) is 20.1. The van der Waals surface area contributed by atoms with Crippen molar-refractivity contribution in [3.63, 3.8) is 0 Å². The number of nitrogens with zero attached hydrogens (tertiary/aromatic N) is 4. The average Bonchev–Trinajstić information content (AvgIpc) is 3.13. The van der Waals surface area contributed by atoms with Gasteiger partial charge in [0.15, 0.2) is 5.65 Å². The average molecular weight is 408 g/mol. The van der Waals surface area contributed by atoms with E-state index in [1.807, 2.05) is 17.8 Å². The number of rotatable bonds is 2. The Labute approximate surface area is 177 Å². The number of nitriles is 1. The zero-order chi connectivity index (χ0) is 19.1. The molecule has 0 saturated carbocycles. The highest BCUT2D eigenvalue weighted by Crippen LogP contribution is 2.41. The summed E-state index contributed by atoms with van der Waals surface area (Å²) in [7, 11) is 0. The molecule has 0 amide bonds. The van der Waals surface area contributed by atoms with Gasteiger partial charge in [-0.1, -0.05) is 19.6 Å². The zero-order valence-electron chi connectivity index (χ0n) is 16.2. The molecule has 6 heteroatoms. The number of imidazole rings is 1. The predicted molar refractivity (Wildman–Crippen MR) is 123 cm³/mol. The van der Waals surface area contributed by atoms with Gasteiger partial charge in [0.05, 0.1) is 16.6 Å². The molecular weight excluding hydrogens is 378 g/mol. The number of thioether (sulfide) groups is 1. The molecule has 5 rings (SSSR count). The lowest BCUT2D eigenvalue weighted by molar-refractivity contribution is 0.580. The first-order chi connectivity index (χ1) is 13.8. The molecule has 2 saturated heterocycles. The van der Waals surface area contributed by atoms with Crippen molar-refractivity contribution in [3.05, 3.63) is 41.0 Å². The molecular formula is C23H29N5S. The fourth-order valence-corrected chi connectivity index (χ4v) is 5.97. The van der Waals surface area contributed by atoms with Crippen molar-refractivity contribution in [1.82, 2.24) is 14.7 Å². The molecule has 1 N–H and O–H groups in total. The summed E-state index contributed by atoms with van der Waals surface area (Å²) < 4.78 is 2.25. The molecule has 152 valence electrons. The molecule has 2 fully saturated rings. The number of benzene rings is 1. The Hall–Kier alpha value is -2.23. The van der Waals surface area contributed by atoms with E-state index >= 15 is 0 Å². The highest BCUT2D eigenvalue weighted by molar-refractivity contribution is 7.99. The summed E-state index contributed by atoms with van der Waals surface area (Å²) in [5.41, 5.74) is 6.19. The number of nitrogens with one attached hydrogen (secondary N) is 1. The van der Waals surface area contributed by atoms with E-state index in [-0.39, 0.29) is 7.43 Å². The van der Waals surface area contributed by atoms with Gasteiger partial charge in [-0.05, 0) is 60.4 Å². The third-order valence-electron chi connectivity index (χ3n) is 6.16. The van der Waals surface area contributed by atoms with Crippen LogP contribution in [0, 0.1) is 18.3 Å². The van der Waals surface area contributed by atoms with E-state index < -0.39 is 0 Å². The maximum Gasteiger partial charge on any atom is 0.157 e. The number of piperazine rings is 1. The molecule has 5 nitrogen and oxygen atoms in total. The summed E-state index contributed by atoms with van der Waals surface area (Å²) in [6.07, 6.45) is 2.30. The minimum Gasteiger partial charge on any atom is -0.355 e. The number of hydrogen-bond acceptors (Lipinski definition) is 5. The summed E-state index contributed by atoms with van der Waals surface area (Å²) in [6, 6.07) is 10.8. The Morgan fingerprint density at radius 3 is 2.62 bits per heavy atom. The minimum absolute atomic E-state index is 0. The van der Waals surface area contributed by atoms with Crippen LogP contribution in [0.1, 0.15) is 42.9 Å². The lowest BCUT2D eigenvalue weighted by atomic mass is 9.87. The molecule has 3 aromatic rings. The second-order valence-electron chi connectivity index (χ2n) is 7.73. The Morgan fingerprint density at radius 1 is 1.17 bits per heavy atom. The fraction of sp³-hybridized carbons (Fsp3) is 0.478. The predicted octanol–water partition coefficient (Wildman–Crippen LogP) is 4.32. The van der Waals surface area contributed by atoms with Gasteiger partial charge in [-0.25, -0.2) is 4.98 Å². The Balaban J connectivity index is 0.00000205. The van der Waals surface area contributed by atoms with Crippen LogP contribution in [-0.4, -0.2) is 47.1 Å². The molecule has 0 aliphatic carbocycles. The van der Waals surface area contributed by atoms with Crippen molar-refractivity contribution in [2.24, 2.45) is 0 Å². The smallest absolute Gasteiger partial charge is 0.157 e. The van der Waals surface area contributed by atoms with E-state index in [1.165, 1.54) is 28.5 Å². The van der Waals surface area contributed by atoms with Crippen molar-refractivity contribution < 1.29 is 0 Å². The van der Waals surface area contributed by atoms with Gasteiger partial charge in [0, 0.05) is 26.2 Å². The molecule has 2 aliphatic rings. The number of anilines is 1. The third kappa shape index (κ3) is 3.27. The first-order valence-corrected chi connectivity index (χ1v) is 11.3. The van der Waals surface area contributed by atoms with Crippen molar-refractivity contribution in [2.45, 2.75) is 33.1 Å². The number of fused-ring (bicyclic) bond motifs is 3. The second kappa shape index (κ2) is 8.25. The first-order valence-electron chi connectivity index (χ1n) is 10.2. The van der Waals surface area contributed by atoms with Gasteiger partial charge in [-0.3, -0.25) is 4.40 Å². The molecule has 2 aliphatic heterocycles. The maximum atomic E-state index is 10.2. The highest BCUT2D eigenvalue weighted by Gasteiger charge is 2.29. The van der Waals surface area contributed by atoms with Crippen LogP contribution in [0.4, 0.5) is 5.82 Å². The molecule has 0 bridgehead atoms. The van der Waals surface area contributed by atoms with E-state index in [0.717, 1.165) is 61.3 Å². The Bertz CT molecular complexity index is 1070. The second-order valence-corrected chi connectivity index (χ2v) is 8.96. The fourth-order valence-electron chi connectivity index (χ4n) is 4.87. The summed E-state index contributed by atoms with van der Waals surface area (Å²) in [6.45, 7) is 6.16. The third-order valence-corrected chi connectivity index (χ3v) is 7.21. The molecule has 0 radical (unpaired) electrons. The van der Waals surface area contributed by atoms with Gasteiger partial charge < -0.3 is 10.2 Å². The molecule has 0 spiro atoms. The molecule has 2 aromatic heterocycles. The van der Waals surface area contributed by atoms with E-state index in [9.17, 15) is 5.26 Å². The van der Waals surface area contributed by atoms with E-state index in [4.69, 9.17) is 4.98 Å². The summed E-state index contributed by atoms with van der Waals surface area (Å²) in [5, 5.41) is 13.6. The normalized spacial score (nSPS) is 18.0. The number of para-hydroxylation sites is 2. The van der Waals surface area contributed by atoms with E-state index in [0.29, 0.717) is 5.92 Å². The summed E-state index contributed by atoms with van der Waals surface area (Å²) in [4.78, 5) is 7.41. The van der Waals surface area contributed by atoms with E-state index in [1.54, 1.807) is 0 Å². The zero-order valence-corrected chi connectivity index (χ0v) is 17.1. The standard InChI is InChI=1S/C22H25N5S.CH4/c1-15-20(16-6-12-28-13-7-16)17(14-23)21-25-18-4-2-3-5-19(18)27(21)22(15)26-10-8-24-9-11-26;/h2-5,16,24H,6-13H2,1H3;1H4. The van der Waals surface area contributed by atoms with Crippen LogP contribution in [0.3, 0.4) is 0 Å². The van der Waals surface area contributed by atoms with Crippen molar-refractivity contribution >= 4 is 34.3 Å². The highest BCUT2D eigenvalue weighted by atomic mass is 32.2. The van der Waals surface area contributed by atoms with Crippen LogP contribution < -0.4 is 10.2 Å². The van der Waals surface area contributed by atoms with E-state index in [2.05, 4.69) is 45.8 Å². The van der Waals surface area contributed by atoms with Crippen LogP contribution in [0.25, 0.3) is 16.7 Å². The van der Waals surface area contributed by atoms with Crippen LogP contribution in [0.15, 0.2) is 24.3 Å². The number of hydrogen-bond donors (Lipinski definition) is 1. The topological polar surface area (TPSA) is 56.4 Å². The van der Waals surface area contributed by atoms with Crippen LogP contribution >= 0.6 is 11.8 Å². The Morgan fingerprint density at radius 2 is 1.90 bits per heavy atom. The maximum absolute atomic E-state index is 10.2. The van der Waals surface area contributed by atoms with Crippen molar-refractivity contribution in [1.29, 1.82) is 5.26 Å². The molecule has 4 heterocycles. The lowest BCUT2D eigenvalue weighted by Gasteiger charge is -2.34. The van der Waals surface area contributed by atoms with Crippen LogP contribution in [0.5, 0.6) is 0 Å². The minimum atomic E-state index is 0. The van der Waals surface area contributed by atoms with Crippen LogP contribution in [-0.2, 0) is 0 Å². The lowest BCUT2D eigenvalue weighted by Crippen LogP contribution is -2.44. The number of aromatic nitrogens is 2. The van der Waals surface area contributed by atoms with Gasteiger partial charge in [-0.2, -0.15) is 17.0 Å². The molecule has 29 heavy (non-hydrogen) atoms. The molecule has 1 aromatic carbocycles. The van der Waals surface area contributed by atoms with Crippen molar-refractivity contribution in [2.75, 3.05) is 42.6 Å². The number of pyridine rings is 1. The van der Waals surface area contributed by atoms with Gasteiger partial charge in [-0.15, -0.1) is 0 Å². The monoisotopic (exact) mass is 407 g/mol. The molecule has 0 unspecified atom stereocenters. The quantitative estimate of drug-likeness (QED) is 0.685. The largest absolute Gasteiger partial charge is 0.355 e. The van der Waals surface area contributed by atoms with Gasteiger partial charge in [0.2, 0.25) is 0 Å². The van der Waals surface area contributed by atoms with Gasteiger partial charge in [0.25, 0.3) is 0 Å². The SMILES string of the molecule is C.Cc1c(C2CCSCC2)c(C#N)c2nc3ccccc3n2c1N1CCNCC1. The van der Waals surface area contributed by atoms with Gasteiger partial charge in [0.1, 0.15) is 11.9 Å². The molecule has 0 atom stereocenters.